The number of rotatable bonds is 5. The van der Waals surface area contributed by atoms with Gasteiger partial charge in [-0.05, 0) is 30.7 Å². The monoisotopic (exact) mass is 367 g/mol. The van der Waals surface area contributed by atoms with E-state index in [1.165, 1.54) is 17.8 Å². The van der Waals surface area contributed by atoms with Crippen LogP contribution in [0.1, 0.15) is 12.5 Å². The van der Waals surface area contributed by atoms with Crippen LogP contribution in [-0.2, 0) is 10.5 Å². The first-order valence-corrected chi connectivity index (χ1v) is 8.32. The Bertz CT molecular complexity index is 635. The first-order chi connectivity index (χ1) is 10.1. The van der Waals surface area contributed by atoms with E-state index < -0.39 is 5.82 Å². The molecule has 0 spiro atoms. The zero-order valence-corrected chi connectivity index (χ0v) is 13.9. The van der Waals surface area contributed by atoms with Gasteiger partial charge in [0.05, 0.1) is 10.9 Å². The van der Waals surface area contributed by atoms with Crippen LogP contribution in [0, 0.1) is 5.82 Å². The highest BCUT2D eigenvalue weighted by Gasteiger charge is 2.15. The number of para-hydroxylation sites is 1. The van der Waals surface area contributed by atoms with Gasteiger partial charge in [-0.15, -0.1) is 11.8 Å². The van der Waals surface area contributed by atoms with Crippen molar-refractivity contribution in [2.75, 3.05) is 5.32 Å². The molecular formula is C16H15BrFNOS. The van der Waals surface area contributed by atoms with Gasteiger partial charge in [0.2, 0.25) is 5.91 Å². The van der Waals surface area contributed by atoms with Crippen LogP contribution in [0.15, 0.2) is 53.0 Å². The molecule has 110 valence electrons. The van der Waals surface area contributed by atoms with Crippen LogP contribution in [0.25, 0.3) is 0 Å². The molecule has 0 saturated heterocycles. The number of nitrogens with one attached hydrogen (secondary N) is 1. The molecule has 0 aliphatic carbocycles. The molecule has 0 saturated carbocycles. The SMILES string of the molecule is C[C@H](SCc1ccccc1Br)C(=O)Nc1ccccc1F. The molecule has 0 aliphatic rings. The average molecular weight is 368 g/mol. The number of anilines is 1. The van der Waals surface area contributed by atoms with E-state index in [2.05, 4.69) is 21.2 Å². The minimum Gasteiger partial charge on any atom is -0.323 e. The third kappa shape index (κ3) is 4.58. The second-order valence-corrected chi connectivity index (χ2v) is 6.70. The van der Waals surface area contributed by atoms with Crippen molar-refractivity contribution in [2.45, 2.75) is 17.9 Å². The molecule has 1 atom stereocenters. The second-order valence-electron chi connectivity index (χ2n) is 4.51. The average Bonchev–Trinajstić information content (AvgIpc) is 2.48. The third-order valence-electron chi connectivity index (χ3n) is 2.95. The molecule has 0 fully saturated rings. The number of thioether (sulfide) groups is 1. The van der Waals surface area contributed by atoms with Gasteiger partial charge in [0.25, 0.3) is 0 Å². The molecule has 5 heteroatoms. The van der Waals surface area contributed by atoms with Crippen LogP contribution in [0.5, 0.6) is 0 Å². The fourth-order valence-corrected chi connectivity index (χ4v) is 3.20. The summed E-state index contributed by atoms with van der Waals surface area (Å²) in [5.41, 5.74) is 1.35. The van der Waals surface area contributed by atoms with E-state index >= 15 is 0 Å². The van der Waals surface area contributed by atoms with Crippen LogP contribution in [-0.4, -0.2) is 11.2 Å². The van der Waals surface area contributed by atoms with Gasteiger partial charge in [-0.25, -0.2) is 4.39 Å². The van der Waals surface area contributed by atoms with Crippen LogP contribution in [0.3, 0.4) is 0 Å². The predicted octanol–water partition coefficient (Wildman–Crippen LogP) is 4.85. The smallest absolute Gasteiger partial charge is 0.237 e. The summed E-state index contributed by atoms with van der Waals surface area (Å²) in [6.07, 6.45) is 0. The lowest BCUT2D eigenvalue weighted by molar-refractivity contribution is -0.115. The molecule has 2 nitrogen and oxygen atoms in total. The third-order valence-corrected chi connectivity index (χ3v) is 4.91. The summed E-state index contributed by atoms with van der Waals surface area (Å²) >= 11 is 5.00. The Morgan fingerprint density at radius 2 is 1.90 bits per heavy atom. The van der Waals surface area contributed by atoms with Crippen molar-refractivity contribution < 1.29 is 9.18 Å². The zero-order chi connectivity index (χ0) is 15.2. The highest BCUT2D eigenvalue weighted by molar-refractivity contribution is 9.10. The van der Waals surface area contributed by atoms with Gasteiger partial charge in [0.1, 0.15) is 5.82 Å². The van der Waals surface area contributed by atoms with Crippen LogP contribution in [0.4, 0.5) is 10.1 Å². The van der Waals surface area contributed by atoms with E-state index in [9.17, 15) is 9.18 Å². The van der Waals surface area contributed by atoms with E-state index in [0.29, 0.717) is 5.75 Å². The van der Waals surface area contributed by atoms with Crippen LogP contribution < -0.4 is 5.32 Å². The maximum Gasteiger partial charge on any atom is 0.237 e. The van der Waals surface area contributed by atoms with Crippen molar-refractivity contribution in [1.29, 1.82) is 0 Å². The van der Waals surface area contributed by atoms with Crippen molar-refractivity contribution >= 4 is 39.3 Å². The van der Waals surface area contributed by atoms with Gasteiger partial charge in [-0.2, -0.15) is 0 Å². The van der Waals surface area contributed by atoms with Gasteiger partial charge < -0.3 is 5.32 Å². The van der Waals surface area contributed by atoms with Gasteiger partial charge in [0, 0.05) is 10.2 Å². The summed E-state index contributed by atoms with van der Waals surface area (Å²) < 4.78 is 14.5. The standard InChI is InChI=1S/C16H15BrFNOS/c1-11(21-10-12-6-2-3-7-13(12)17)16(20)19-15-9-5-4-8-14(15)18/h2-9,11H,10H2,1H3,(H,19,20)/t11-/m0/s1. The lowest BCUT2D eigenvalue weighted by Crippen LogP contribution is -2.23. The second kappa shape index (κ2) is 7.61. The van der Waals surface area contributed by atoms with E-state index in [4.69, 9.17) is 0 Å². The zero-order valence-electron chi connectivity index (χ0n) is 11.5. The van der Waals surface area contributed by atoms with E-state index in [1.54, 1.807) is 18.2 Å². The van der Waals surface area contributed by atoms with E-state index in [-0.39, 0.29) is 16.8 Å². The molecule has 0 radical (unpaired) electrons. The number of carbonyl (C=O) groups is 1. The number of benzene rings is 2. The predicted molar refractivity (Wildman–Crippen MR) is 89.9 cm³/mol. The lowest BCUT2D eigenvalue weighted by Gasteiger charge is -2.13. The molecule has 0 bridgehead atoms. The maximum atomic E-state index is 13.5. The fraction of sp³-hybridized carbons (Fsp3) is 0.188. The molecule has 0 unspecified atom stereocenters. The van der Waals surface area contributed by atoms with E-state index in [0.717, 1.165) is 10.0 Å². The molecule has 0 aromatic heterocycles. The summed E-state index contributed by atoms with van der Waals surface area (Å²) in [7, 11) is 0. The molecule has 2 aromatic carbocycles. The number of hydrogen-bond donors (Lipinski definition) is 1. The van der Waals surface area contributed by atoms with Crippen LogP contribution in [0.2, 0.25) is 0 Å². The molecule has 2 aromatic rings. The van der Waals surface area contributed by atoms with Gasteiger partial charge in [-0.1, -0.05) is 46.3 Å². The Labute approximate surface area is 136 Å². The summed E-state index contributed by atoms with van der Waals surface area (Å²) in [6.45, 7) is 1.82. The van der Waals surface area contributed by atoms with Crippen molar-refractivity contribution in [3.8, 4) is 0 Å². The molecule has 0 heterocycles. The molecule has 0 aliphatic heterocycles. The largest absolute Gasteiger partial charge is 0.323 e. The highest BCUT2D eigenvalue weighted by atomic mass is 79.9. The van der Waals surface area contributed by atoms with Crippen molar-refractivity contribution in [1.82, 2.24) is 0 Å². The Kier molecular flexibility index (Phi) is 5.82. The molecule has 21 heavy (non-hydrogen) atoms. The molecule has 1 N–H and O–H groups in total. The molecular weight excluding hydrogens is 353 g/mol. The first kappa shape index (κ1) is 16.0. The minimum atomic E-state index is -0.422. The summed E-state index contributed by atoms with van der Waals surface area (Å²) in [5, 5.41) is 2.35. The fourth-order valence-electron chi connectivity index (χ4n) is 1.70. The Morgan fingerprint density at radius 1 is 1.24 bits per heavy atom. The Morgan fingerprint density at radius 3 is 2.62 bits per heavy atom. The van der Waals surface area contributed by atoms with Crippen LogP contribution >= 0.6 is 27.7 Å². The maximum absolute atomic E-state index is 13.5. The number of amides is 1. The number of hydrogen-bond acceptors (Lipinski definition) is 2. The summed E-state index contributed by atoms with van der Waals surface area (Å²) in [5.74, 6) is 0.0961. The van der Waals surface area contributed by atoms with Gasteiger partial charge in [-0.3, -0.25) is 4.79 Å². The lowest BCUT2D eigenvalue weighted by atomic mass is 10.2. The number of carbonyl (C=O) groups excluding carboxylic acids is 1. The Hall–Kier alpha value is -1.33. The quantitative estimate of drug-likeness (QED) is 0.818. The summed E-state index contributed by atoms with van der Waals surface area (Å²) in [4.78, 5) is 12.1. The molecule has 2 rings (SSSR count). The van der Waals surface area contributed by atoms with Crippen molar-refractivity contribution in [3.63, 3.8) is 0 Å². The van der Waals surface area contributed by atoms with E-state index in [1.807, 2.05) is 31.2 Å². The minimum absolute atomic E-state index is 0.197. The van der Waals surface area contributed by atoms with Gasteiger partial charge >= 0.3 is 0 Å². The number of halogens is 2. The highest BCUT2D eigenvalue weighted by Crippen LogP contribution is 2.24. The Balaban J connectivity index is 1.91. The van der Waals surface area contributed by atoms with Crippen molar-refractivity contribution in [2.24, 2.45) is 0 Å². The summed E-state index contributed by atoms with van der Waals surface area (Å²) in [6, 6.07) is 14.1. The topological polar surface area (TPSA) is 29.1 Å². The van der Waals surface area contributed by atoms with Gasteiger partial charge in [0.15, 0.2) is 0 Å². The first-order valence-electron chi connectivity index (χ1n) is 6.48. The van der Waals surface area contributed by atoms with Crippen molar-refractivity contribution in [3.05, 3.63) is 64.4 Å². The normalized spacial score (nSPS) is 12.0. The molecule has 1 amide bonds.